The topological polar surface area (TPSA) is 50.2 Å². The van der Waals surface area contributed by atoms with E-state index in [1.807, 2.05) is 37.4 Å². The van der Waals surface area contributed by atoms with E-state index < -0.39 is 0 Å². The Morgan fingerprint density at radius 1 is 0.913 bits per heavy atom. The van der Waals surface area contributed by atoms with Gasteiger partial charge >= 0.3 is 0 Å². The van der Waals surface area contributed by atoms with Crippen LogP contribution in [0.3, 0.4) is 0 Å². The average Bonchev–Trinajstić information content (AvgIpc) is 2.79. The van der Waals surface area contributed by atoms with Crippen LogP contribution in [0.2, 0.25) is 0 Å². The summed E-state index contributed by atoms with van der Waals surface area (Å²) < 4.78 is 0. The van der Waals surface area contributed by atoms with Crippen molar-refractivity contribution >= 4 is 11.5 Å². The molecule has 4 heteroatoms. The van der Waals surface area contributed by atoms with E-state index in [-0.39, 0.29) is 0 Å². The molecule has 0 radical (unpaired) electrons. The van der Waals surface area contributed by atoms with Crippen molar-refractivity contribution in [2.75, 3.05) is 12.4 Å². The second-order valence-corrected chi connectivity index (χ2v) is 5.38. The van der Waals surface area contributed by atoms with Gasteiger partial charge in [-0.3, -0.25) is 9.98 Å². The first-order chi connectivity index (χ1) is 11.4. The molecular weight excluding hydrogens is 284 g/mol. The van der Waals surface area contributed by atoms with Crippen LogP contribution in [0.1, 0.15) is 16.8 Å². The molecule has 1 N–H and O–H groups in total. The minimum absolute atomic E-state index is 0.533. The van der Waals surface area contributed by atoms with E-state index in [1.165, 1.54) is 0 Å². The van der Waals surface area contributed by atoms with Gasteiger partial charge in [-0.2, -0.15) is 0 Å². The van der Waals surface area contributed by atoms with E-state index in [1.54, 1.807) is 6.20 Å². The van der Waals surface area contributed by atoms with Crippen LogP contribution in [-0.2, 0) is 6.54 Å². The van der Waals surface area contributed by atoms with Crippen molar-refractivity contribution in [3.05, 3.63) is 77.6 Å². The number of aliphatic imine (C=N–C) groups is 1. The Morgan fingerprint density at radius 3 is 2.43 bits per heavy atom. The zero-order valence-corrected chi connectivity index (χ0v) is 12.8. The van der Waals surface area contributed by atoms with Crippen LogP contribution in [-0.4, -0.2) is 22.7 Å². The molecule has 0 unspecified atom stereocenters. The van der Waals surface area contributed by atoms with Gasteiger partial charge in [0.1, 0.15) is 5.82 Å². The van der Waals surface area contributed by atoms with E-state index >= 15 is 0 Å². The van der Waals surface area contributed by atoms with Gasteiger partial charge in [-0.25, -0.2) is 4.98 Å². The highest BCUT2D eigenvalue weighted by molar-refractivity contribution is 6.16. The van der Waals surface area contributed by atoms with Crippen molar-refractivity contribution in [1.29, 1.82) is 0 Å². The molecule has 0 atom stereocenters. The molecule has 0 saturated heterocycles. The number of nitrogens with zero attached hydrogens (tertiary/aromatic N) is 3. The van der Waals surface area contributed by atoms with E-state index in [2.05, 4.69) is 34.6 Å². The van der Waals surface area contributed by atoms with Crippen LogP contribution in [0.15, 0.2) is 65.8 Å². The lowest BCUT2D eigenvalue weighted by Gasteiger charge is -2.11. The summed E-state index contributed by atoms with van der Waals surface area (Å²) in [6.07, 6.45) is 1.75. The summed E-state index contributed by atoms with van der Waals surface area (Å²) in [5.41, 5.74) is 6.09. The van der Waals surface area contributed by atoms with Crippen molar-refractivity contribution in [1.82, 2.24) is 9.97 Å². The first kappa shape index (κ1) is 13.6. The Labute approximate surface area is 135 Å². The molecule has 0 bridgehead atoms. The fraction of sp³-hybridized carbons (Fsp3) is 0.105. The van der Waals surface area contributed by atoms with Gasteiger partial charge in [0.05, 0.1) is 29.8 Å². The van der Waals surface area contributed by atoms with Crippen molar-refractivity contribution < 1.29 is 0 Å². The minimum Gasteiger partial charge on any atom is -0.372 e. The second-order valence-electron chi connectivity index (χ2n) is 5.38. The maximum atomic E-state index is 4.83. The first-order valence-corrected chi connectivity index (χ1v) is 7.60. The van der Waals surface area contributed by atoms with Gasteiger partial charge in [0.25, 0.3) is 0 Å². The molecule has 23 heavy (non-hydrogen) atoms. The molecule has 0 fully saturated rings. The van der Waals surface area contributed by atoms with Crippen LogP contribution in [0.5, 0.6) is 0 Å². The van der Waals surface area contributed by atoms with Gasteiger partial charge in [0, 0.05) is 23.7 Å². The standard InChI is InChI=1S/C19H16N4/c1-20-17-12-21-16-11-22-18(13-7-3-2-4-8-13)14-9-5-6-10-15(14)19(16)23-17/h2-10,12H,11H2,1H3,(H,20,23). The number of fused-ring (bicyclic) bond motifs is 3. The highest BCUT2D eigenvalue weighted by Gasteiger charge is 2.20. The third-order valence-electron chi connectivity index (χ3n) is 3.98. The maximum Gasteiger partial charge on any atom is 0.144 e. The molecule has 1 aromatic heterocycles. The van der Waals surface area contributed by atoms with Gasteiger partial charge < -0.3 is 5.32 Å². The zero-order chi connectivity index (χ0) is 15.6. The normalized spacial score (nSPS) is 12.7. The molecule has 2 aromatic carbocycles. The molecule has 0 aliphatic carbocycles. The monoisotopic (exact) mass is 300 g/mol. The van der Waals surface area contributed by atoms with Crippen molar-refractivity contribution in [3.63, 3.8) is 0 Å². The number of hydrogen-bond donors (Lipinski definition) is 1. The highest BCUT2D eigenvalue weighted by Crippen LogP contribution is 2.30. The largest absolute Gasteiger partial charge is 0.372 e. The lowest BCUT2D eigenvalue weighted by Crippen LogP contribution is -2.04. The van der Waals surface area contributed by atoms with Gasteiger partial charge in [0.2, 0.25) is 0 Å². The van der Waals surface area contributed by atoms with Gasteiger partial charge in [0.15, 0.2) is 0 Å². The maximum absolute atomic E-state index is 4.83. The van der Waals surface area contributed by atoms with E-state index in [0.717, 1.165) is 39.6 Å². The predicted molar refractivity (Wildman–Crippen MR) is 92.8 cm³/mol. The third-order valence-corrected chi connectivity index (χ3v) is 3.98. The van der Waals surface area contributed by atoms with Crippen LogP contribution in [0, 0.1) is 0 Å². The van der Waals surface area contributed by atoms with Gasteiger partial charge in [-0.05, 0) is 0 Å². The Kier molecular flexibility index (Phi) is 3.35. The van der Waals surface area contributed by atoms with Gasteiger partial charge in [-0.15, -0.1) is 0 Å². The number of nitrogens with one attached hydrogen (secondary N) is 1. The number of aromatic nitrogens is 2. The molecular formula is C19H16N4. The highest BCUT2D eigenvalue weighted by atomic mass is 15.0. The molecule has 4 nitrogen and oxygen atoms in total. The van der Waals surface area contributed by atoms with E-state index in [4.69, 9.17) is 9.98 Å². The predicted octanol–water partition coefficient (Wildman–Crippen LogP) is 3.54. The Balaban J connectivity index is 1.96. The van der Waals surface area contributed by atoms with Crippen LogP contribution >= 0.6 is 0 Å². The Hall–Kier alpha value is -3.01. The second kappa shape index (κ2) is 5.65. The smallest absolute Gasteiger partial charge is 0.144 e. The summed E-state index contributed by atoms with van der Waals surface area (Å²) in [4.78, 5) is 14.1. The molecule has 1 aliphatic heterocycles. The summed E-state index contributed by atoms with van der Waals surface area (Å²) >= 11 is 0. The van der Waals surface area contributed by atoms with Crippen LogP contribution < -0.4 is 5.32 Å². The molecule has 112 valence electrons. The molecule has 0 spiro atoms. The minimum atomic E-state index is 0.533. The molecule has 2 heterocycles. The molecule has 4 rings (SSSR count). The number of benzene rings is 2. The quantitative estimate of drug-likeness (QED) is 0.787. The number of rotatable bonds is 2. The van der Waals surface area contributed by atoms with E-state index in [9.17, 15) is 0 Å². The van der Waals surface area contributed by atoms with Gasteiger partial charge in [-0.1, -0.05) is 54.6 Å². The summed E-state index contributed by atoms with van der Waals surface area (Å²) in [7, 11) is 1.85. The van der Waals surface area contributed by atoms with Crippen molar-refractivity contribution in [2.24, 2.45) is 4.99 Å². The Morgan fingerprint density at radius 2 is 1.65 bits per heavy atom. The van der Waals surface area contributed by atoms with E-state index in [0.29, 0.717) is 6.54 Å². The summed E-state index contributed by atoms with van der Waals surface area (Å²) in [6, 6.07) is 18.5. The fourth-order valence-electron chi connectivity index (χ4n) is 2.84. The number of anilines is 1. The summed E-state index contributed by atoms with van der Waals surface area (Å²) in [6.45, 7) is 0.533. The van der Waals surface area contributed by atoms with Crippen LogP contribution in [0.4, 0.5) is 5.82 Å². The number of hydrogen-bond acceptors (Lipinski definition) is 4. The third kappa shape index (κ3) is 2.38. The summed E-state index contributed by atoms with van der Waals surface area (Å²) in [5, 5.41) is 3.06. The first-order valence-electron chi connectivity index (χ1n) is 7.60. The Bertz CT molecular complexity index is 885. The zero-order valence-electron chi connectivity index (χ0n) is 12.8. The van der Waals surface area contributed by atoms with Crippen LogP contribution in [0.25, 0.3) is 11.3 Å². The fourth-order valence-corrected chi connectivity index (χ4v) is 2.84. The van der Waals surface area contributed by atoms with Crippen molar-refractivity contribution in [2.45, 2.75) is 6.54 Å². The lowest BCUT2D eigenvalue weighted by atomic mass is 9.96. The van der Waals surface area contributed by atoms with Crippen molar-refractivity contribution in [3.8, 4) is 11.3 Å². The lowest BCUT2D eigenvalue weighted by molar-refractivity contribution is 0.976. The molecule has 0 saturated carbocycles. The SMILES string of the molecule is CNc1cnc2c(n1)-c1ccccc1C(c1ccccc1)=NC2. The summed E-state index contributed by atoms with van der Waals surface area (Å²) in [5.74, 6) is 0.765. The molecule has 3 aromatic rings. The molecule has 0 amide bonds. The molecule has 1 aliphatic rings. The average molecular weight is 300 g/mol.